The number of hydrogen-bond acceptors (Lipinski definition) is 8. The molecule has 0 bridgehead atoms. The van der Waals surface area contributed by atoms with Gasteiger partial charge in [-0.1, -0.05) is 6.92 Å². The summed E-state index contributed by atoms with van der Waals surface area (Å²) in [6, 6.07) is 4.09. The minimum absolute atomic E-state index is 0.197. The van der Waals surface area contributed by atoms with Crippen molar-refractivity contribution < 1.29 is 18.5 Å². The normalized spacial score (nSPS) is 19.4. The van der Waals surface area contributed by atoms with E-state index in [1.54, 1.807) is 0 Å². The molecule has 2 saturated heterocycles. The molecule has 0 unspecified atom stereocenters. The van der Waals surface area contributed by atoms with E-state index in [-0.39, 0.29) is 19.7 Å². The van der Waals surface area contributed by atoms with Crippen molar-refractivity contribution in [2.75, 3.05) is 51.4 Å². The first-order chi connectivity index (χ1) is 11.8. The van der Waals surface area contributed by atoms with Gasteiger partial charge in [-0.15, -0.1) is 0 Å². The van der Waals surface area contributed by atoms with Crippen LogP contribution in [0.2, 0.25) is 0 Å². The molecular weight excluding hydrogens is 344 g/mol. The monoisotopic (exact) mass is 372 g/mol. The lowest BCUT2D eigenvalue weighted by Gasteiger charge is -2.35. The van der Waals surface area contributed by atoms with Crippen molar-refractivity contribution >= 4 is 17.3 Å². The van der Waals surface area contributed by atoms with Crippen LogP contribution in [0.4, 0.5) is 0 Å². The fourth-order valence-electron chi connectivity index (χ4n) is 1.81. The number of carbonyl (C=O) groups is 1. The summed E-state index contributed by atoms with van der Waals surface area (Å²) in [6.07, 6.45) is 0. The lowest BCUT2D eigenvalue weighted by atomic mass is 10.1. The molecule has 0 spiro atoms. The molecule has 0 aromatic carbocycles. The lowest BCUT2D eigenvalue weighted by molar-refractivity contribution is -0.179. The van der Waals surface area contributed by atoms with Gasteiger partial charge in [0.25, 0.3) is 6.47 Å². The number of nitrogens with zero attached hydrogens (tertiary/aromatic N) is 3. The van der Waals surface area contributed by atoms with Crippen LogP contribution in [0, 0.1) is 22.7 Å². The van der Waals surface area contributed by atoms with Crippen molar-refractivity contribution in [3.63, 3.8) is 0 Å². The first kappa shape index (κ1) is 23.5. The molecule has 2 fully saturated rings. The molecule has 9 heteroatoms. The van der Waals surface area contributed by atoms with Crippen LogP contribution >= 0.6 is 0 Å². The zero-order chi connectivity index (χ0) is 19.3. The number of hydrogen-bond donors (Lipinski definition) is 1. The smallest absolute Gasteiger partial charge is 0.294 e. The van der Waals surface area contributed by atoms with E-state index < -0.39 is 21.9 Å². The largest absolute Gasteiger partial charge is 0.441 e. The van der Waals surface area contributed by atoms with Crippen LogP contribution in [-0.4, -0.2) is 78.1 Å². The Morgan fingerprint density at radius 3 is 2.12 bits per heavy atom. The van der Waals surface area contributed by atoms with E-state index in [1.807, 2.05) is 27.0 Å². The van der Waals surface area contributed by atoms with Crippen molar-refractivity contribution in [2.24, 2.45) is 0 Å². The van der Waals surface area contributed by atoms with E-state index in [9.17, 15) is 9.00 Å². The zero-order valence-corrected chi connectivity index (χ0v) is 16.2. The van der Waals surface area contributed by atoms with Crippen molar-refractivity contribution in [3.05, 3.63) is 0 Å². The standard InChI is InChI=1S/C8H14N2OS.C5H5NO3.C3H9N/c1-8(2,7-9)10-3-5-12(11)6-4-10;6-1-5(9-4-7)2-8-3-5;1-3-4-2/h3-6H2,1-2H3;4H,2-3H2;4H,3H2,1-2H3. The molecule has 0 radical (unpaired) electrons. The van der Waals surface area contributed by atoms with Crippen molar-refractivity contribution in [3.8, 4) is 12.1 Å². The highest BCUT2D eigenvalue weighted by molar-refractivity contribution is 7.85. The van der Waals surface area contributed by atoms with Gasteiger partial charge in [-0.25, -0.2) is 0 Å². The molecule has 0 atom stereocenters. The van der Waals surface area contributed by atoms with E-state index in [0.717, 1.165) is 19.6 Å². The maximum absolute atomic E-state index is 11.0. The van der Waals surface area contributed by atoms with E-state index in [2.05, 4.69) is 32.7 Å². The van der Waals surface area contributed by atoms with Gasteiger partial charge in [-0.05, 0) is 27.4 Å². The lowest BCUT2D eigenvalue weighted by Crippen LogP contribution is -2.50. The highest BCUT2D eigenvalue weighted by atomic mass is 32.2. The minimum atomic E-state index is -0.970. The Morgan fingerprint density at radius 1 is 1.36 bits per heavy atom. The zero-order valence-electron chi connectivity index (χ0n) is 15.4. The maximum Gasteiger partial charge on any atom is 0.294 e. The predicted octanol–water partition coefficient (Wildman–Crippen LogP) is 0.0306. The topological polar surface area (TPSA) is 115 Å². The molecule has 2 aliphatic heterocycles. The first-order valence-corrected chi connectivity index (χ1v) is 9.56. The highest BCUT2D eigenvalue weighted by Crippen LogP contribution is 2.19. The second kappa shape index (κ2) is 11.9. The molecule has 142 valence electrons. The van der Waals surface area contributed by atoms with Crippen molar-refractivity contribution in [1.82, 2.24) is 10.2 Å². The highest BCUT2D eigenvalue weighted by Gasteiger charge is 2.41. The third-order valence-electron chi connectivity index (χ3n) is 3.74. The number of nitriles is 2. The maximum atomic E-state index is 11.0. The third-order valence-corrected chi connectivity index (χ3v) is 5.02. The first-order valence-electron chi connectivity index (χ1n) is 8.07. The second-order valence-electron chi connectivity index (χ2n) is 6.03. The molecule has 0 saturated carbocycles. The SMILES string of the molecule is CC(C)(C#N)N1CCS(=O)CC1.CCNC.N#CC1(OC=O)COC1. The van der Waals surface area contributed by atoms with Gasteiger partial charge in [0.2, 0.25) is 5.60 Å². The van der Waals surface area contributed by atoms with Crippen molar-refractivity contribution in [1.29, 1.82) is 10.5 Å². The molecule has 0 aromatic rings. The van der Waals surface area contributed by atoms with E-state index in [4.69, 9.17) is 10.5 Å². The van der Waals surface area contributed by atoms with E-state index >= 15 is 0 Å². The van der Waals surface area contributed by atoms with Gasteiger partial charge in [0.15, 0.2) is 0 Å². The van der Waals surface area contributed by atoms with Gasteiger partial charge in [0, 0.05) is 35.4 Å². The average molecular weight is 372 g/mol. The minimum Gasteiger partial charge on any atom is -0.441 e. The van der Waals surface area contributed by atoms with Gasteiger partial charge < -0.3 is 14.8 Å². The number of nitrogens with one attached hydrogen (secondary N) is 1. The molecule has 0 amide bonds. The number of rotatable bonds is 4. The third kappa shape index (κ3) is 8.41. The summed E-state index contributed by atoms with van der Waals surface area (Å²) in [4.78, 5) is 11.8. The summed E-state index contributed by atoms with van der Waals surface area (Å²) in [6.45, 7) is 9.18. The second-order valence-corrected chi connectivity index (χ2v) is 7.72. The quantitative estimate of drug-likeness (QED) is 0.687. The van der Waals surface area contributed by atoms with Crippen LogP contribution in [0.5, 0.6) is 0 Å². The Hall–Kier alpha value is -1.52. The van der Waals surface area contributed by atoms with Gasteiger partial charge >= 0.3 is 0 Å². The summed E-state index contributed by atoms with van der Waals surface area (Å²) in [5, 5.41) is 20.1. The molecule has 2 rings (SSSR count). The van der Waals surface area contributed by atoms with Crippen LogP contribution in [0.15, 0.2) is 0 Å². The number of ether oxygens (including phenoxy) is 2. The predicted molar refractivity (Wildman–Crippen MR) is 95.1 cm³/mol. The summed E-state index contributed by atoms with van der Waals surface area (Å²) >= 11 is 0. The van der Waals surface area contributed by atoms with Crippen LogP contribution in [0.3, 0.4) is 0 Å². The average Bonchev–Trinajstić information content (AvgIpc) is 2.59. The Kier molecular flexibility index (Phi) is 11.2. The van der Waals surface area contributed by atoms with Crippen molar-refractivity contribution in [2.45, 2.75) is 31.9 Å². The molecule has 8 nitrogen and oxygen atoms in total. The van der Waals surface area contributed by atoms with Crippen LogP contribution in [0.25, 0.3) is 0 Å². The fraction of sp³-hybridized carbons (Fsp3) is 0.812. The molecule has 1 N–H and O–H groups in total. The van der Waals surface area contributed by atoms with E-state index in [0.29, 0.717) is 11.5 Å². The molecule has 0 aromatic heterocycles. The van der Waals surface area contributed by atoms with Gasteiger partial charge in [0.05, 0.1) is 6.07 Å². The summed E-state index contributed by atoms with van der Waals surface area (Å²) < 4.78 is 20.1. The molecular formula is C16H28N4O4S. The molecule has 2 aliphatic rings. The van der Waals surface area contributed by atoms with E-state index in [1.165, 1.54) is 0 Å². The van der Waals surface area contributed by atoms with Gasteiger partial charge in [0.1, 0.15) is 24.8 Å². The van der Waals surface area contributed by atoms with Crippen LogP contribution in [0.1, 0.15) is 20.8 Å². The van der Waals surface area contributed by atoms with Crippen LogP contribution < -0.4 is 5.32 Å². The van der Waals surface area contributed by atoms with Gasteiger partial charge in [-0.2, -0.15) is 10.5 Å². The van der Waals surface area contributed by atoms with Gasteiger partial charge in [-0.3, -0.25) is 13.9 Å². The fourth-order valence-corrected chi connectivity index (χ4v) is 2.86. The molecule has 2 heterocycles. The number of carbonyl (C=O) groups excluding carboxylic acids is 1. The Balaban J connectivity index is 0.000000391. The Bertz CT molecular complexity index is 497. The molecule has 25 heavy (non-hydrogen) atoms. The Morgan fingerprint density at radius 2 is 1.88 bits per heavy atom. The van der Waals surface area contributed by atoms with Crippen LogP contribution in [-0.2, 0) is 25.1 Å². The Labute approximate surface area is 152 Å². The summed E-state index contributed by atoms with van der Waals surface area (Å²) in [5.41, 5.74) is -1.37. The molecule has 0 aliphatic carbocycles. The summed E-state index contributed by atoms with van der Waals surface area (Å²) in [5.74, 6) is 1.43. The summed E-state index contributed by atoms with van der Waals surface area (Å²) in [7, 11) is 1.28.